The van der Waals surface area contributed by atoms with E-state index < -0.39 is 11.9 Å². The molecule has 3 aromatic carbocycles. The lowest BCUT2D eigenvalue weighted by Crippen LogP contribution is -2.40. The number of nitrogens with one attached hydrogen (secondary N) is 3. The van der Waals surface area contributed by atoms with Crippen LogP contribution in [0, 0.1) is 6.92 Å². The number of hydrogen-bond acceptors (Lipinski definition) is 5. The second-order valence-corrected chi connectivity index (χ2v) is 10.3. The predicted molar refractivity (Wildman–Crippen MR) is 167 cm³/mol. The number of para-hydroxylation sites is 1. The zero-order valence-corrected chi connectivity index (χ0v) is 25.0. The van der Waals surface area contributed by atoms with Crippen LogP contribution in [0.4, 0.5) is 16.2 Å². The van der Waals surface area contributed by atoms with Crippen LogP contribution in [0.15, 0.2) is 66.7 Å². The molecule has 11 heteroatoms. The number of halogens is 2. The van der Waals surface area contributed by atoms with Crippen LogP contribution in [0.3, 0.4) is 0 Å². The molecule has 0 aliphatic rings. The van der Waals surface area contributed by atoms with Crippen LogP contribution in [0.5, 0.6) is 5.75 Å². The zero-order chi connectivity index (χ0) is 30.2. The van der Waals surface area contributed by atoms with Crippen molar-refractivity contribution in [1.82, 2.24) is 15.6 Å². The molecule has 3 N–H and O–H groups in total. The average Bonchev–Trinajstić information content (AvgIpc) is 2.98. The molecule has 42 heavy (non-hydrogen) atoms. The third-order valence-electron chi connectivity index (χ3n) is 6.41. The summed E-state index contributed by atoms with van der Waals surface area (Å²) in [6.45, 7) is 4.18. The molecule has 1 heterocycles. The SMILES string of the molecule is CCCNC(=O)c1cccc(NC(=O)NCC(=O)N(C)c2ccc(Cl)c(COc3cccc4ccc(C)nc34)c2Cl)c1. The number of benzene rings is 3. The van der Waals surface area contributed by atoms with E-state index in [0.29, 0.717) is 39.8 Å². The predicted octanol–water partition coefficient (Wildman–Crippen LogP) is 6.35. The molecule has 0 radical (unpaired) electrons. The first-order valence-electron chi connectivity index (χ1n) is 13.3. The maximum absolute atomic E-state index is 12.9. The van der Waals surface area contributed by atoms with Crippen molar-refractivity contribution in [2.75, 3.05) is 30.4 Å². The fourth-order valence-electron chi connectivity index (χ4n) is 4.12. The number of anilines is 2. The number of aryl methyl sites for hydroxylation is 1. The third kappa shape index (κ3) is 7.48. The molecular formula is C31H31Cl2N5O4. The van der Waals surface area contributed by atoms with Crippen LogP contribution in [0.1, 0.15) is 35.0 Å². The number of carbonyl (C=O) groups is 3. The van der Waals surface area contributed by atoms with Gasteiger partial charge in [0.1, 0.15) is 17.9 Å². The number of amides is 4. The number of likely N-dealkylation sites (N-methyl/N-ethyl adjacent to an activating group) is 1. The summed E-state index contributed by atoms with van der Waals surface area (Å²) in [4.78, 5) is 43.5. The summed E-state index contributed by atoms with van der Waals surface area (Å²) in [5.74, 6) is -0.0608. The summed E-state index contributed by atoms with van der Waals surface area (Å²) in [6.07, 6.45) is 0.813. The molecule has 0 aliphatic carbocycles. The largest absolute Gasteiger partial charge is 0.487 e. The van der Waals surface area contributed by atoms with Crippen molar-refractivity contribution in [2.45, 2.75) is 26.9 Å². The number of urea groups is 1. The molecule has 218 valence electrons. The van der Waals surface area contributed by atoms with Crippen molar-refractivity contribution < 1.29 is 19.1 Å². The fraction of sp³-hybridized carbons (Fsp3) is 0.226. The Bertz CT molecular complexity index is 1630. The molecule has 0 spiro atoms. The van der Waals surface area contributed by atoms with E-state index in [2.05, 4.69) is 20.9 Å². The molecule has 0 saturated carbocycles. The second kappa shape index (κ2) is 14.0. The monoisotopic (exact) mass is 607 g/mol. The number of carbonyl (C=O) groups excluding carboxylic acids is 3. The van der Waals surface area contributed by atoms with Crippen LogP contribution in [-0.2, 0) is 11.4 Å². The van der Waals surface area contributed by atoms with E-state index in [4.69, 9.17) is 27.9 Å². The molecule has 9 nitrogen and oxygen atoms in total. The van der Waals surface area contributed by atoms with Gasteiger partial charge in [-0.1, -0.05) is 54.4 Å². The van der Waals surface area contributed by atoms with Gasteiger partial charge in [0.05, 0.1) is 17.3 Å². The lowest BCUT2D eigenvalue weighted by molar-refractivity contribution is -0.117. The molecule has 1 aromatic heterocycles. The van der Waals surface area contributed by atoms with Crippen LogP contribution >= 0.6 is 23.2 Å². The standard InChI is InChI=1S/C31H31Cl2N5O4/c1-4-15-34-30(40)21-8-5-9-22(16-21)37-31(41)35-17-27(39)38(3)25-14-13-24(32)23(28(25)33)18-42-26-10-6-7-20-12-11-19(2)36-29(20)26/h5-14,16H,4,15,17-18H2,1-3H3,(H,34,40)(H2,35,37,41). The summed E-state index contributed by atoms with van der Waals surface area (Å²) in [6, 6.07) is 18.8. The Kier molecular flexibility index (Phi) is 10.2. The van der Waals surface area contributed by atoms with Gasteiger partial charge in [-0.25, -0.2) is 9.78 Å². The molecule has 0 aliphatic heterocycles. The highest BCUT2D eigenvalue weighted by atomic mass is 35.5. The third-order valence-corrected chi connectivity index (χ3v) is 7.19. The highest BCUT2D eigenvalue weighted by Crippen LogP contribution is 2.35. The zero-order valence-electron chi connectivity index (χ0n) is 23.5. The molecule has 0 saturated heterocycles. The number of hydrogen-bond donors (Lipinski definition) is 3. The molecule has 4 rings (SSSR count). The lowest BCUT2D eigenvalue weighted by atomic mass is 10.1. The van der Waals surface area contributed by atoms with E-state index in [-0.39, 0.29) is 24.1 Å². The molecule has 0 bridgehead atoms. The van der Waals surface area contributed by atoms with Crippen molar-refractivity contribution in [1.29, 1.82) is 0 Å². The number of rotatable bonds is 10. The first-order chi connectivity index (χ1) is 20.2. The number of ether oxygens (including phenoxy) is 1. The normalized spacial score (nSPS) is 10.7. The summed E-state index contributed by atoms with van der Waals surface area (Å²) in [5, 5.41) is 9.54. The Balaban J connectivity index is 1.39. The van der Waals surface area contributed by atoms with Gasteiger partial charge in [0, 0.05) is 46.5 Å². The van der Waals surface area contributed by atoms with Crippen LogP contribution in [0.2, 0.25) is 10.0 Å². The molecule has 0 atom stereocenters. The van der Waals surface area contributed by atoms with Gasteiger partial charge in [-0.05, 0) is 55.8 Å². The highest BCUT2D eigenvalue weighted by Gasteiger charge is 2.20. The van der Waals surface area contributed by atoms with Crippen molar-refractivity contribution in [2.24, 2.45) is 0 Å². The van der Waals surface area contributed by atoms with Gasteiger partial charge in [-0.2, -0.15) is 0 Å². The molecule has 0 fully saturated rings. The van der Waals surface area contributed by atoms with E-state index in [1.165, 1.54) is 4.90 Å². The van der Waals surface area contributed by atoms with Crippen molar-refractivity contribution in [3.05, 3.63) is 93.6 Å². The van der Waals surface area contributed by atoms with Crippen molar-refractivity contribution >= 4 is 63.3 Å². The first-order valence-corrected chi connectivity index (χ1v) is 14.1. The number of nitrogens with zero attached hydrogens (tertiary/aromatic N) is 2. The second-order valence-electron chi connectivity index (χ2n) is 9.53. The van der Waals surface area contributed by atoms with E-state index in [1.54, 1.807) is 43.4 Å². The molecule has 0 unspecified atom stereocenters. The smallest absolute Gasteiger partial charge is 0.319 e. The molecular weight excluding hydrogens is 577 g/mol. The van der Waals surface area contributed by atoms with Crippen molar-refractivity contribution in [3.63, 3.8) is 0 Å². The van der Waals surface area contributed by atoms with Gasteiger partial charge < -0.3 is 25.6 Å². The van der Waals surface area contributed by atoms with Crippen LogP contribution in [0.25, 0.3) is 10.9 Å². The van der Waals surface area contributed by atoms with E-state index in [9.17, 15) is 14.4 Å². The van der Waals surface area contributed by atoms with Crippen molar-refractivity contribution in [3.8, 4) is 5.75 Å². The number of aromatic nitrogens is 1. The van der Waals surface area contributed by atoms with Crippen LogP contribution in [-0.4, -0.2) is 43.0 Å². The highest BCUT2D eigenvalue weighted by molar-refractivity contribution is 6.38. The topological polar surface area (TPSA) is 113 Å². The number of fused-ring (bicyclic) bond motifs is 1. The molecule has 4 amide bonds. The quantitative estimate of drug-likeness (QED) is 0.194. The maximum Gasteiger partial charge on any atom is 0.319 e. The van der Waals surface area contributed by atoms with Crippen LogP contribution < -0.4 is 25.6 Å². The summed E-state index contributed by atoms with van der Waals surface area (Å²) >= 11 is 13.2. The Morgan fingerprint density at radius 2 is 1.76 bits per heavy atom. The number of pyridine rings is 1. The van der Waals surface area contributed by atoms with Gasteiger partial charge in [0.2, 0.25) is 5.91 Å². The Labute approximate surface area is 254 Å². The minimum absolute atomic E-state index is 0.0540. The summed E-state index contributed by atoms with van der Waals surface area (Å²) in [7, 11) is 1.55. The van der Waals surface area contributed by atoms with E-state index in [0.717, 1.165) is 23.0 Å². The Hall–Kier alpha value is -4.34. The Morgan fingerprint density at radius 1 is 0.976 bits per heavy atom. The van der Waals surface area contributed by atoms with E-state index in [1.807, 2.05) is 44.2 Å². The average molecular weight is 609 g/mol. The van der Waals surface area contributed by atoms with Gasteiger partial charge >= 0.3 is 6.03 Å². The maximum atomic E-state index is 12.9. The Morgan fingerprint density at radius 3 is 2.55 bits per heavy atom. The summed E-state index contributed by atoms with van der Waals surface area (Å²) < 4.78 is 6.07. The first kappa shape index (κ1) is 30.6. The minimum atomic E-state index is -0.599. The van der Waals surface area contributed by atoms with Gasteiger partial charge in [-0.15, -0.1) is 0 Å². The van der Waals surface area contributed by atoms with Gasteiger partial charge in [-0.3, -0.25) is 9.59 Å². The fourth-order valence-corrected chi connectivity index (χ4v) is 4.73. The summed E-state index contributed by atoms with van der Waals surface area (Å²) in [5.41, 5.74) is 3.34. The van der Waals surface area contributed by atoms with Gasteiger partial charge in [0.25, 0.3) is 5.91 Å². The van der Waals surface area contributed by atoms with E-state index >= 15 is 0 Å². The van der Waals surface area contributed by atoms with Gasteiger partial charge in [0.15, 0.2) is 0 Å². The lowest BCUT2D eigenvalue weighted by Gasteiger charge is -2.21. The minimum Gasteiger partial charge on any atom is -0.487 e. The molecule has 4 aromatic rings.